The zero-order chi connectivity index (χ0) is 12.8. The molecule has 0 aliphatic carbocycles. The summed E-state index contributed by atoms with van der Waals surface area (Å²) in [7, 11) is 0. The fourth-order valence-corrected chi connectivity index (χ4v) is 2.18. The molecule has 1 aromatic rings. The van der Waals surface area contributed by atoms with E-state index in [2.05, 4.69) is 34.2 Å². The summed E-state index contributed by atoms with van der Waals surface area (Å²) >= 11 is 0. The molecule has 1 aromatic heterocycles. The van der Waals surface area contributed by atoms with Crippen molar-refractivity contribution in [2.24, 2.45) is 5.92 Å². The highest BCUT2D eigenvalue weighted by Crippen LogP contribution is 2.16. The fourth-order valence-electron chi connectivity index (χ4n) is 2.18. The molecule has 2 heterocycles. The second-order valence-corrected chi connectivity index (χ2v) is 5.41. The third-order valence-corrected chi connectivity index (χ3v) is 3.18. The van der Waals surface area contributed by atoms with Crippen LogP contribution in [0.4, 0.5) is 5.95 Å². The first-order valence-electron chi connectivity index (χ1n) is 7.04. The van der Waals surface area contributed by atoms with Crippen LogP contribution in [0.5, 0.6) is 0 Å². The summed E-state index contributed by atoms with van der Waals surface area (Å²) in [6.45, 7) is 8.12. The zero-order valence-electron chi connectivity index (χ0n) is 11.5. The van der Waals surface area contributed by atoms with Crippen molar-refractivity contribution in [2.75, 3.05) is 24.5 Å². The van der Waals surface area contributed by atoms with E-state index in [0.29, 0.717) is 18.4 Å². The quantitative estimate of drug-likeness (QED) is 0.870. The van der Waals surface area contributed by atoms with Crippen LogP contribution >= 0.6 is 0 Å². The maximum absolute atomic E-state index is 5.28. The van der Waals surface area contributed by atoms with Gasteiger partial charge in [-0.15, -0.1) is 0 Å². The molecule has 0 atom stereocenters. The van der Waals surface area contributed by atoms with Crippen molar-refractivity contribution >= 4 is 5.95 Å². The molecule has 0 spiro atoms. The van der Waals surface area contributed by atoms with Gasteiger partial charge < -0.3 is 14.7 Å². The first-order chi connectivity index (χ1) is 8.75. The van der Waals surface area contributed by atoms with E-state index in [0.717, 1.165) is 25.6 Å². The molecule has 18 heavy (non-hydrogen) atoms. The maximum atomic E-state index is 5.28. The molecule has 0 amide bonds. The Morgan fingerprint density at radius 1 is 1.22 bits per heavy atom. The second-order valence-electron chi connectivity index (χ2n) is 5.41. The van der Waals surface area contributed by atoms with Crippen LogP contribution < -0.4 is 10.2 Å². The standard InChI is InChI=1S/C13H24N4O/c1-11(2)9-14-10-12-15-13(16-18-12)17-7-5-3-4-6-8-17/h11,14H,3-10H2,1-2H3. The van der Waals surface area contributed by atoms with E-state index >= 15 is 0 Å². The largest absolute Gasteiger partial charge is 0.338 e. The van der Waals surface area contributed by atoms with Crippen molar-refractivity contribution < 1.29 is 4.52 Å². The van der Waals surface area contributed by atoms with Crippen LogP contribution in [0.3, 0.4) is 0 Å². The summed E-state index contributed by atoms with van der Waals surface area (Å²) in [6.07, 6.45) is 5.10. The van der Waals surface area contributed by atoms with Crippen molar-refractivity contribution in [3.8, 4) is 0 Å². The Hall–Kier alpha value is -1.10. The molecule has 1 N–H and O–H groups in total. The number of hydrogen-bond donors (Lipinski definition) is 1. The Balaban J connectivity index is 1.84. The monoisotopic (exact) mass is 252 g/mol. The smallest absolute Gasteiger partial charge is 0.266 e. The van der Waals surface area contributed by atoms with Crippen LogP contribution in [0.2, 0.25) is 0 Å². The van der Waals surface area contributed by atoms with Crippen LogP contribution in [0, 0.1) is 5.92 Å². The first kappa shape index (κ1) is 13.3. The molecule has 0 saturated carbocycles. The predicted molar refractivity (Wildman–Crippen MR) is 71.5 cm³/mol. The van der Waals surface area contributed by atoms with Crippen molar-refractivity contribution in [1.82, 2.24) is 15.5 Å². The molecule has 2 rings (SSSR count). The summed E-state index contributed by atoms with van der Waals surface area (Å²) in [5.74, 6) is 2.09. The Kier molecular flexibility index (Phi) is 4.99. The minimum Gasteiger partial charge on any atom is -0.338 e. The minimum atomic E-state index is 0.637. The SMILES string of the molecule is CC(C)CNCc1nc(N2CCCCCC2)no1. The van der Waals surface area contributed by atoms with Crippen molar-refractivity contribution in [2.45, 2.75) is 46.1 Å². The molecule has 5 heteroatoms. The average molecular weight is 252 g/mol. The average Bonchev–Trinajstić information content (AvgIpc) is 2.63. The summed E-state index contributed by atoms with van der Waals surface area (Å²) in [5, 5.41) is 7.39. The van der Waals surface area contributed by atoms with Crippen LogP contribution in [-0.4, -0.2) is 29.8 Å². The number of nitrogens with zero attached hydrogens (tertiary/aromatic N) is 3. The number of hydrogen-bond acceptors (Lipinski definition) is 5. The van der Waals surface area contributed by atoms with Gasteiger partial charge in [0.1, 0.15) is 0 Å². The second kappa shape index (κ2) is 6.73. The Labute approximate surface area is 109 Å². The molecule has 1 fully saturated rings. The van der Waals surface area contributed by atoms with Crippen LogP contribution in [0.1, 0.15) is 45.4 Å². The van der Waals surface area contributed by atoms with Crippen molar-refractivity contribution in [1.29, 1.82) is 0 Å². The minimum absolute atomic E-state index is 0.637. The topological polar surface area (TPSA) is 54.2 Å². The zero-order valence-corrected chi connectivity index (χ0v) is 11.5. The summed E-state index contributed by atoms with van der Waals surface area (Å²) in [5.41, 5.74) is 0. The van der Waals surface area contributed by atoms with Gasteiger partial charge in [0.15, 0.2) is 0 Å². The third kappa shape index (κ3) is 3.98. The van der Waals surface area contributed by atoms with E-state index in [1.54, 1.807) is 0 Å². The molecule has 102 valence electrons. The van der Waals surface area contributed by atoms with Crippen LogP contribution in [-0.2, 0) is 6.54 Å². The molecule has 0 radical (unpaired) electrons. The van der Waals surface area contributed by atoms with Crippen LogP contribution in [0.25, 0.3) is 0 Å². The number of aromatic nitrogens is 2. The van der Waals surface area contributed by atoms with Gasteiger partial charge in [-0.1, -0.05) is 26.7 Å². The normalized spacial score (nSPS) is 17.2. The van der Waals surface area contributed by atoms with Gasteiger partial charge in [-0.05, 0) is 30.5 Å². The molecule has 5 nitrogen and oxygen atoms in total. The van der Waals surface area contributed by atoms with E-state index in [1.807, 2.05) is 0 Å². The highest BCUT2D eigenvalue weighted by molar-refractivity contribution is 5.27. The van der Waals surface area contributed by atoms with Gasteiger partial charge in [0, 0.05) is 13.1 Å². The molecule has 0 aromatic carbocycles. The van der Waals surface area contributed by atoms with Gasteiger partial charge in [0.25, 0.3) is 5.95 Å². The predicted octanol–water partition coefficient (Wildman–Crippen LogP) is 2.20. The third-order valence-electron chi connectivity index (χ3n) is 3.18. The molecule has 1 aliphatic rings. The lowest BCUT2D eigenvalue weighted by atomic mass is 10.2. The summed E-state index contributed by atoms with van der Waals surface area (Å²) < 4.78 is 5.28. The van der Waals surface area contributed by atoms with Crippen molar-refractivity contribution in [3.63, 3.8) is 0 Å². The van der Waals surface area contributed by atoms with Crippen LogP contribution in [0.15, 0.2) is 4.52 Å². The van der Waals surface area contributed by atoms with E-state index < -0.39 is 0 Å². The Morgan fingerprint density at radius 3 is 2.61 bits per heavy atom. The Morgan fingerprint density at radius 2 is 1.94 bits per heavy atom. The highest BCUT2D eigenvalue weighted by atomic mass is 16.5. The molecule has 0 unspecified atom stereocenters. The number of rotatable bonds is 5. The van der Waals surface area contributed by atoms with E-state index in [1.165, 1.54) is 25.7 Å². The lowest BCUT2D eigenvalue weighted by molar-refractivity contribution is 0.362. The molecule has 1 aliphatic heterocycles. The molecular weight excluding hydrogens is 228 g/mol. The first-order valence-corrected chi connectivity index (χ1v) is 7.04. The van der Waals surface area contributed by atoms with Gasteiger partial charge in [-0.25, -0.2) is 0 Å². The van der Waals surface area contributed by atoms with E-state index in [-0.39, 0.29) is 0 Å². The van der Waals surface area contributed by atoms with Gasteiger partial charge in [-0.3, -0.25) is 0 Å². The lowest BCUT2D eigenvalue weighted by Crippen LogP contribution is -2.25. The van der Waals surface area contributed by atoms with E-state index in [9.17, 15) is 0 Å². The van der Waals surface area contributed by atoms with Crippen molar-refractivity contribution in [3.05, 3.63) is 5.89 Å². The molecule has 0 bridgehead atoms. The Bertz CT molecular complexity index is 343. The van der Waals surface area contributed by atoms with Gasteiger partial charge in [0.2, 0.25) is 5.89 Å². The number of anilines is 1. The van der Waals surface area contributed by atoms with Gasteiger partial charge in [0.05, 0.1) is 6.54 Å². The fraction of sp³-hybridized carbons (Fsp3) is 0.846. The maximum Gasteiger partial charge on any atom is 0.266 e. The molecule has 1 saturated heterocycles. The summed E-state index contributed by atoms with van der Waals surface area (Å²) in [6, 6.07) is 0. The highest BCUT2D eigenvalue weighted by Gasteiger charge is 2.15. The summed E-state index contributed by atoms with van der Waals surface area (Å²) in [4.78, 5) is 6.70. The number of nitrogens with one attached hydrogen (secondary N) is 1. The van der Waals surface area contributed by atoms with E-state index in [4.69, 9.17) is 4.52 Å². The van der Waals surface area contributed by atoms with Gasteiger partial charge in [-0.2, -0.15) is 4.98 Å². The van der Waals surface area contributed by atoms with Gasteiger partial charge >= 0.3 is 0 Å². The molecular formula is C13H24N4O. The lowest BCUT2D eigenvalue weighted by Gasteiger charge is -2.16.